The van der Waals surface area contributed by atoms with Gasteiger partial charge in [0.25, 0.3) is 0 Å². The molecule has 0 aromatic heterocycles. The first kappa shape index (κ1) is 23.8. The topological polar surface area (TPSA) is 95.5 Å². The summed E-state index contributed by atoms with van der Waals surface area (Å²) in [7, 11) is -3.80. The molecule has 0 aliphatic rings. The Morgan fingerprint density at radius 2 is 1.77 bits per heavy atom. The van der Waals surface area contributed by atoms with E-state index in [2.05, 4.69) is 10.0 Å². The fourth-order valence-electron chi connectivity index (χ4n) is 2.72. The van der Waals surface area contributed by atoms with E-state index in [9.17, 15) is 31.5 Å². The van der Waals surface area contributed by atoms with E-state index in [-0.39, 0.29) is 23.4 Å². The number of hydrogen-bond acceptors (Lipinski definition) is 4. The molecule has 1 unspecified atom stereocenters. The number of halogens is 3. The van der Waals surface area contributed by atoms with E-state index in [0.717, 1.165) is 23.3 Å². The Bertz CT molecular complexity index is 1010. The highest BCUT2D eigenvalue weighted by atomic mass is 32.2. The molecule has 164 valence electrons. The minimum atomic E-state index is -4.63. The largest absolute Gasteiger partial charge is 0.416 e. The van der Waals surface area contributed by atoms with Crippen molar-refractivity contribution >= 4 is 15.9 Å². The lowest BCUT2D eigenvalue weighted by Crippen LogP contribution is -2.33. The molecular weight excluding hydrogens is 421 g/mol. The van der Waals surface area contributed by atoms with Gasteiger partial charge in [-0.25, -0.2) is 13.1 Å². The lowest BCUT2D eigenvalue weighted by Gasteiger charge is -2.18. The third-order valence-electron chi connectivity index (χ3n) is 4.55. The summed E-state index contributed by atoms with van der Waals surface area (Å²) in [6.07, 6.45) is -6.43. The van der Waals surface area contributed by atoms with Crippen LogP contribution in [0.4, 0.5) is 13.2 Å². The highest BCUT2D eigenvalue weighted by Gasteiger charge is 2.34. The molecule has 1 atom stereocenters. The number of aliphatic hydroxyl groups excluding tert-OH is 1. The molecule has 2 aromatic rings. The molecule has 3 N–H and O–H groups in total. The number of carbonyl (C=O) groups is 1. The van der Waals surface area contributed by atoms with E-state index in [0.29, 0.717) is 0 Å². The van der Waals surface area contributed by atoms with Crippen molar-refractivity contribution in [1.29, 1.82) is 0 Å². The van der Waals surface area contributed by atoms with Gasteiger partial charge in [-0.1, -0.05) is 24.3 Å². The number of sulfonamides is 1. The smallest absolute Gasteiger partial charge is 0.387 e. The molecule has 0 bridgehead atoms. The zero-order valence-corrected chi connectivity index (χ0v) is 17.3. The molecule has 0 radical (unpaired) electrons. The Kier molecular flexibility index (Phi) is 7.62. The predicted molar refractivity (Wildman–Crippen MR) is 105 cm³/mol. The minimum absolute atomic E-state index is 0.0742. The number of benzene rings is 2. The monoisotopic (exact) mass is 444 g/mol. The summed E-state index contributed by atoms with van der Waals surface area (Å²) in [6, 6.07) is 9.21. The summed E-state index contributed by atoms with van der Waals surface area (Å²) in [4.78, 5) is 12.0. The molecule has 2 rings (SSSR count). The van der Waals surface area contributed by atoms with Crippen LogP contribution >= 0.6 is 0 Å². The molecule has 0 spiro atoms. The predicted octanol–water partition coefficient (Wildman–Crippen LogP) is 2.84. The van der Waals surface area contributed by atoms with E-state index in [4.69, 9.17) is 0 Å². The van der Waals surface area contributed by atoms with E-state index >= 15 is 0 Å². The molecule has 30 heavy (non-hydrogen) atoms. The van der Waals surface area contributed by atoms with Crippen LogP contribution in [-0.4, -0.2) is 32.5 Å². The van der Waals surface area contributed by atoms with Crippen molar-refractivity contribution < 1.29 is 31.5 Å². The summed E-state index contributed by atoms with van der Waals surface area (Å²) in [5.74, 6) is -0.610. The van der Waals surface area contributed by atoms with Gasteiger partial charge in [-0.05, 0) is 48.7 Å². The second-order valence-corrected chi connectivity index (χ2v) is 8.57. The highest BCUT2D eigenvalue weighted by molar-refractivity contribution is 7.89. The maximum absolute atomic E-state index is 13.0. The van der Waals surface area contributed by atoms with Crippen LogP contribution in [0.15, 0.2) is 47.4 Å². The van der Waals surface area contributed by atoms with Gasteiger partial charge in [0.05, 0.1) is 16.6 Å². The maximum Gasteiger partial charge on any atom is 0.416 e. The second-order valence-electron chi connectivity index (χ2n) is 6.80. The van der Waals surface area contributed by atoms with Gasteiger partial charge in [0.1, 0.15) is 0 Å². The van der Waals surface area contributed by atoms with Crippen molar-refractivity contribution in [3.63, 3.8) is 0 Å². The Hall–Kier alpha value is -2.43. The number of hydrogen-bond donors (Lipinski definition) is 3. The van der Waals surface area contributed by atoms with E-state index < -0.39 is 40.3 Å². The van der Waals surface area contributed by atoms with Gasteiger partial charge in [0, 0.05) is 19.5 Å². The molecule has 10 heteroatoms. The molecule has 0 heterocycles. The molecule has 0 aliphatic heterocycles. The lowest BCUT2D eigenvalue weighted by molar-refractivity contribution is -0.139. The minimum Gasteiger partial charge on any atom is -0.387 e. The first-order valence-corrected chi connectivity index (χ1v) is 10.6. The second kappa shape index (κ2) is 9.59. The average molecular weight is 444 g/mol. The number of nitrogens with one attached hydrogen (secondary N) is 2. The summed E-state index contributed by atoms with van der Waals surface area (Å²) in [5, 5.41) is 12.4. The van der Waals surface area contributed by atoms with Gasteiger partial charge in [-0.2, -0.15) is 13.2 Å². The van der Waals surface area contributed by atoms with Crippen molar-refractivity contribution in [1.82, 2.24) is 10.0 Å². The number of rotatable bonds is 8. The molecule has 0 fully saturated rings. The molecular formula is C20H23F3N2O4S. The van der Waals surface area contributed by atoms with Crippen molar-refractivity contribution in [2.75, 3.05) is 13.1 Å². The molecule has 0 saturated carbocycles. The summed E-state index contributed by atoms with van der Waals surface area (Å²) in [5.41, 5.74) is 0.427. The number of amides is 1. The summed E-state index contributed by atoms with van der Waals surface area (Å²) >= 11 is 0. The van der Waals surface area contributed by atoms with Gasteiger partial charge in [0.15, 0.2) is 0 Å². The Balaban J connectivity index is 1.88. The van der Waals surface area contributed by atoms with E-state index in [1.807, 2.05) is 6.92 Å². The molecule has 1 amide bonds. The van der Waals surface area contributed by atoms with Gasteiger partial charge >= 0.3 is 6.18 Å². The standard InChI is InChI=1S/C20H23F3N2O4S/c1-13-7-8-15(11-14(13)2)30(28,29)25-10-9-19(27)24-12-18(26)16-5-3-4-6-17(16)20(21,22)23/h3-8,11,18,25-26H,9-10,12H2,1-2H3,(H,24,27). The molecule has 0 saturated heterocycles. The number of aliphatic hydroxyl groups is 1. The molecule has 2 aromatic carbocycles. The van der Waals surface area contributed by atoms with Crippen molar-refractivity contribution in [2.45, 2.75) is 37.4 Å². The number of alkyl halides is 3. The van der Waals surface area contributed by atoms with Crippen LogP contribution in [0.3, 0.4) is 0 Å². The SMILES string of the molecule is Cc1ccc(S(=O)(=O)NCCC(=O)NCC(O)c2ccccc2C(F)(F)F)cc1C. The zero-order chi connectivity index (χ0) is 22.5. The molecule has 0 aliphatic carbocycles. The Morgan fingerprint density at radius 1 is 1.10 bits per heavy atom. The van der Waals surface area contributed by atoms with Crippen molar-refractivity contribution in [2.24, 2.45) is 0 Å². The highest BCUT2D eigenvalue weighted by Crippen LogP contribution is 2.34. The fourth-order valence-corrected chi connectivity index (χ4v) is 3.83. The van der Waals surface area contributed by atoms with Crippen molar-refractivity contribution in [3.05, 3.63) is 64.7 Å². The number of aryl methyl sites for hydroxylation is 2. The Labute approximate surface area is 173 Å². The van der Waals surface area contributed by atoms with Crippen LogP contribution < -0.4 is 10.0 Å². The van der Waals surface area contributed by atoms with Crippen molar-refractivity contribution in [3.8, 4) is 0 Å². The summed E-state index contributed by atoms with van der Waals surface area (Å²) in [6.45, 7) is 3.00. The lowest BCUT2D eigenvalue weighted by atomic mass is 10.0. The van der Waals surface area contributed by atoms with Crippen LogP contribution in [0.25, 0.3) is 0 Å². The van der Waals surface area contributed by atoms with Crippen LogP contribution in [0, 0.1) is 13.8 Å². The quantitative estimate of drug-likeness (QED) is 0.584. The van der Waals surface area contributed by atoms with Crippen LogP contribution in [-0.2, 0) is 21.0 Å². The normalized spacial score (nSPS) is 13.1. The van der Waals surface area contributed by atoms with Crippen LogP contribution in [0.2, 0.25) is 0 Å². The van der Waals surface area contributed by atoms with E-state index in [1.165, 1.54) is 24.3 Å². The van der Waals surface area contributed by atoms with Gasteiger partial charge in [-0.3, -0.25) is 4.79 Å². The van der Waals surface area contributed by atoms with Crippen LogP contribution in [0.1, 0.15) is 34.8 Å². The third-order valence-corrected chi connectivity index (χ3v) is 6.01. The first-order chi connectivity index (χ1) is 13.9. The third kappa shape index (κ3) is 6.28. The summed E-state index contributed by atoms with van der Waals surface area (Å²) < 4.78 is 65.9. The Morgan fingerprint density at radius 3 is 2.40 bits per heavy atom. The zero-order valence-electron chi connectivity index (χ0n) is 16.5. The average Bonchev–Trinajstić information content (AvgIpc) is 2.67. The van der Waals surface area contributed by atoms with E-state index in [1.54, 1.807) is 13.0 Å². The molecule has 6 nitrogen and oxygen atoms in total. The number of carbonyl (C=O) groups excluding carboxylic acids is 1. The first-order valence-electron chi connectivity index (χ1n) is 9.09. The van der Waals surface area contributed by atoms with Gasteiger partial charge < -0.3 is 10.4 Å². The fraction of sp³-hybridized carbons (Fsp3) is 0.350. The van der Waals surface area contributed by atoms with Crippen LogP contribution in [0.5, 0.6) is 0 Å². The maximum atomic E-state index is 13.0. The van der Waals surface area contributed by atoms with Gasteiger partial charge in [-0.15, -0.1) is 0 Å². The van der Waals surface area contributed by atoms with Gasteiger partial charge in [0.2, 0.25) is 15.9 Å².